The molecule has 1 saturated heterocycles. The third kappa shape index (κ3) is 8.63. The lowest BCUT2D eigenvalue weighted by Gasteiger charge is -2.50. The lowest BCUT2D eigenvalue weighted by molar-refractivity contribution is -0.129. The topological polar surface area (TPSA) is 109 Å². The fourth-order valence-corrected chi connectivity index (χ4v) is 7.92. The summed E-state index contributed by atoms with van der Waals surface area (Å²) in [5.74, 6) is 0.561. The highest BCUT2D eigenvalue weighted by Gasteiger charge is 2.50. The van der Waals surface area contributed by atoms with Crippen LogP contribution in [-0.2, 0) is 26.9 Å². The van der Waals surface area contributed by atoms with Crippen LogP contribution in [0.1, 0.15) is 83.1 Å². The van der Waals surface area contributed by atoms with E-state index in [0.717, 1.165) is 52.8 Å². The molecule has 1 saturated carbocycles. The molecule has 2 bridgehead atoms. The molecule has 2 heterocycles. The number of hydrogen-bond acceptors (Lipinski definition) is 6. The Hall–Kier alpha value is -3.83. The standard InChI is InChI=1S/C40H57N3O7Si/c1-26-29(12-11-13-34(26)48-8)23-42(30-18-19-30)36(44)35-32(28-16-14-27(15-17-28)20-21-49-51(9,10)40(5,6)7)22-31-24-41(38(47)50-39(2,3)4)25-33(35)43(31)37(45)46/h11-17,30-31,33H,18-25H2,1-10H3,(H,45,46)/t31?,33-/m1/s1. The summed E-state index contributed by atoms with van der Waals surface area (Å²) in [6.45, 7) is 19.9. The number of carbonyl (C=O) groups excluding carboxylic acids is 2. The molecule has 0 radical (unpaired) electrons. The van der Waals surface area contributed by atoms with Gasteiger partial charge >= 0.3 is 12.2 Å². The lowest BCUT2D eigenvalue weighted by Crippen LogP contribution is -2.65. The molecule has 2 aromatic carbocycles. The Kier molecular flexibility index (Phi) is 11.0. The van der Waals surface area contributed by atoms with Gasteiger partial charge in [0, 0.05) is 37.9 Å². The molecular weight excluding hydrogens is 663 g/mol. The maximum atomic E-state index is 15.1. The van der Waals surface area contributed by atoms with Gasteiger partial charge in [0.1, 0.15) is 11.4 Å². The van der Waals surface area contributed by atoms with Gasteiger partial charge in [-0.15, -0.1) is 0 Å². The van der Waals surface area contributed by atoms with Crippen LogP contribution in [0.5, 0.6) is 5.75 Å². The smallest absolute Gasteiger partial charge is 0.410 e. The van der Waals surface area contributed by atoms with E-state index in [4.69, 9.17) is 13.9 Å². The van der Waals surface area contributed by atoms with E-state index in [0.29, 0.717) is 25.1 Å². The second kappa shape index (κ2) is 14.7. The predicted octanol–water partition coefficient (Wildman–Crippen LogP) is 7.88. The first kappa shape index (κ1) is 38.4. The number of rotatable bonds is 10. The third-order valence-electron chi connectivity index (χ3n) is 10.9. The Morgan fingerprint density at radius 2 is 1.65 bits per heavy atom. The largest absolute Gasteiger partial charge is 0.496 e. The molecule has 2 atom stereocenters. The second-order valence-electron chi connectivity index (χ2n) is 16.8. The van der Waals surface area contributed by atoms with Crippen molar-refractivity contribution in [3.05, 3.63) is 70.3 Å². The number of nitrogens with zero attached hydrogens (tertiary/aromatic N) is 3. The monoisotopic (exact) mass is 719 g/mol. The molecule has 5 rings (SSSR count). The van der Waals surface area contributed by atoms with Gasteiger partial charge in [0.15, 0.2) is 8.32 Å². The molecule has 0 spiro atoms. The van der Waals surface area contributed by atoms with E-state index in [1.807, 2.05) is 50.8 Å². The molecule has 51 heavy (non-hydrogen) atoms. The van der Waals surface area contributed by atoms with E-state index in [9.17, 15) is 14.7 Å². The third-order valence-corrected chi connectivity index (χ3v) is 15.5. The van der Waals surface area contributed by atoms with Crippen LogP contribution >= 0.6 is 0 Å². The molecule has 3 amide bonds. The number of ether oxygens (including phenoxy) is 2. The van der Waals surface area contributed by atoms with Crippen LogP contribution in [-0.4, -0.2) is 96.8 Å². The molecule has 3 aliphatic rings. The molecule has 1 N–H and O–H groups in total. The number of piperazine rings is 1. The zero-order valence-corrected chi connectivity index (χ0v) is 33.2. The molecule has 0 aromatic heterocycles. The zero-order valence-electron chi connectivity index (χ0n) is 32.2. The number of fused-ring (bicyclic) bond motifs is 2. The molecule has 2 aliphatic heterocycles. The Bertz CT molecular complexity index is 1650. The van der Waals surface area contributed by atoms with Crippen LogP contribution in [0.3, 0.4) is 0 Å². The van der Waals surface area contributed by atoms with Gasteiger partial charge in [-0.25, -0.2) is 9.59 Å². The Balaban J connectivity index is 1.53. The van der Waals surface area contributed by atoms with Gasteiger partial charge in [0.25, 0.3) is 5.91 Å². The number of benzene rings is 2. The average molecular weight is 720 g/mol. The van der Waals surface area contributed by atoms with Gasteiger partial charge in [-0.05, 0) is 105 Å². The Morgan fingerprint density at radius 3 is 2.22 bits per heavy atom. The number of carboxylic acid groups (broad SMARTS) is 1. The summed E-state index contributed by atoms with van der Waals surface area (Å²) < 4.78 is 17.7. The van der Waals surface area contributed by atoms with Gasteiger partial charge in [-0.2, -0.15) is 0 Å². The van der Waals surface area contributed by atoms with E-state index in [1.165, 1.54) is 4.90 Å². The van der Waals surface area contributed by atoms with Crippen molar-refractivity contribution in [2.45, 2.75) is 123 Å². The number of carbonyl (C=O) groups is 3. The summed E-state index contributed by atoms with van der Waals surface area (Å²) >= 11 is 0. The Morgan fingerprint density at radius 1 is 0.980 bits per heavy atom. The quantitative estimate of drug-likeness (QED) is 0.249. The van der Waals surface area contributed by atoms with Crippen LogP contribution < -0.4 is 4.74 Å². The summed E-state index contributed by atoms with van der Waals surface area (Å²) in [6, 6.07) is 12.8. The molecular formula is C40H57N3O7Si. The van der Waals surface area contributed by atoms with E-state index in [1.54, 1.807) is 12.0 Å². The van der Waals surface area contributed by atoms with Crippen LogP contribution in [0.4, 0.5) is 9.59 Å². The minimum absolute atomic E-state index is 0.0296. The highest BCUT2D eigenvalue weighted by molar-refractivity contribution is 6.74. The van der Waals surface area contributed by atoms with Crippen molar-refractivity contribution >= 4 is 32.0 Å². The molecule has 2 aromatic rings. The highest BCUT2D eigenvalue weighted by atomic mass is 28.4. The zero-order chi connectivity index (χ0) is 37.5. The van der Waals surface area contributed by atoms with Crippen molar-refractivity contribution in [1.82, 2.24) is 14.7 Å². The van der Waals surface area contributed by atoms with E-state index >= 15 is 4.79 Å². The number of methoxy groups -OCH3 is 1. The maximum absolute atomic E-state index is 15.1. The first-order chi connectivity index (χ1) is 23.8. The summed E-state index contributed by atoms with van der Waals surface area (Å²) in [4.78, 5) is 46.2. The normalized spacial score (nSPS) is 19.6. The average Bonchev–Trinajstić information content (AvgIpc) is 3.87. The van der Waals surface area contributed by atoms with Crippen molar-refractivity contribution in [1.29, 1.82) is 0 Å². The second-order valence-corrected chi connectivity index (χ2v) is 21.6. The minimum atomic E-state index is -1.87. The first-order valence-corrected chi connectivity index (χ1v) is 21.1. The van der Waals surface area contributed by atoms with Crippen molar-refractivity contribution in [2.75, 3.05) is 26.8 Å². The van der Waals surface area contributed by atoms with Crippen LogP contribution in [0.15, 0.2) is 48.0 Å². The van der Waals surface area contributed by atoms with E-state index < -0.39 is 38.2 Å². The molecule has 1 aliphatic carbocycles. The molecule has 278 valence electrons. The van der Waals surface area contributed by atoms with Gasteiger partial charge < -0.3 is 28.8 Å². The van der Waals surface area contributed by atoms with E-state index in [2.05, 4.69) is 58.1 Å². The maximum Gasteiger partial charge on any atom is 0.410 e. The first-order valence-electron chi connectivity index (χ1n) is 18.2. The van der Waals surface area contributed by atoms with Crippen molar-refractivity contribution in [3.8, 4) is 5.75 Å². The molecule has 1 unspecified atom stereocenters. The summed E-state index contributed by atoms with van der Waals surface area (Å²) in [5, 5.41) is 10.7. The molecule has 10 nitrogen and oxygen atoms in total. The van der Waals surface area contributed by atoms with Gasteiger partial charge in [-0.1, -0.05) is 57.2 Å². The Labute approximate surface area is 304 Å². The van der Waals surface area contributed by atoms with Gasteiger partial charge in [-0.3, -0.25) is 9.69 Å². The number of amides is 3. The minimum Gasteiger partial charge on any atom is -0.496 e. The van der Waals surface area contributed by atoms with Gasteiger partial charge in [0.05, 0.1) is 19.2 Å². The number of hydrogen-bond donors (Lipinski definition) is 1. The van der Waals surface area contributed by atoms with Crippen LogP contribution in [0.2, 0.25) is 18.1 Å². The SMILES string of the molecule is COc1cccc(CN(C(=O)C2=C(c3ccc(CCO[Si](C)(C)C(C)(C)C)cc3)CC3CN(C(=O)OC(C)(C)C)C[C@H]2N3C(=O)O)C2CC2)c1C. The fraction of sp³-hybridized carbons (Fsp3) is 0.575. The molecule has 2 fully saturated rings. The van der Waals surface area contributed by atoms with Crippen molar-refractivity contribution < 1.29 is 33.4 Å². The van der Waals surface area contributed by atoms with Crippen molar-refractivity contribution in [2.24, 2.45) is 0 Å². The summed E-state index contributed by atoms with van der Waals surface area (Å²) in [6.07, 6.45) is 1.22. The molecule has 11 heteroatoms. The van der Waals surface area contributed by atoms with Crippen LogP contribution in [0, 0.1) is 6.92 Å². The summed E-state index contributed by atoms with van der Waals surface area (Å²) in [7, 11) is -0.236. The highest BCUT2D eigenvalue weighted by Crippen LogP contribution is 2.42. The predicted molar refractivity (Wildman–Crippen MR) is 201 cm³/mol. The van der Waals surface area contributed by atoms with Crippen LogP contribution in [0.25, 0.3) is 5.57 Å². The fourth-order valence-electron chi connectivity index (χ4n) is 6.87. The summed E-state index contributed by atoms with van der Waals surface area (Å²) in [5.41, 5.74) is 4.53. The van der Waals surface area contributed by atoms with Gasteiger partial charge in [0.2, 0.25) is 0 Å². The van der Waals surface area contributed by atoms with Crippen molar-refractivity contribution in [3.63, 3.8) is 0 Å². The lowest BCUT2D eigenvalue weighted by atomic mass is 9.81. The van der Waals surface area contributed by atoms with E-state index in [-0.39, 0.29) is 30.1 Å².